The summed E-state index contributed by atoms with van der Waals surface area (Å²) in [7, 11) is 0. The molecule has 0 atom stereocenters. The third kappa shape index (κ3) is 49.8. The van der Waals surface area contributed by atoms with Gasteiger partial charge < -0.3 is 16.0 Å². The van der Waals surface area contributed by atoms with Crippen LogP contribution in [0.2, 0.25) is 0 Å². The SMILES string of the molecule is C=C(C)C(=O)NCCCCCCCCCC.C=C(C)C(=O)NCCCCCCCCCCCC.C=CC(=O)NCCCCCCCCCCCC. The maximum Gasteiger partial charge on any atom is 0.246 e. The number of hydrogen-bond acceptors (Lipinski definition) is 3. The highest BCUT2D eigenvalue weighted by Gasteiger charge is 2.00. The van der Waals surface area contributed by atoms with E-state index in [1.54, 1.807) is 13.8 Å². The van der Waals surface area contributed by atoms with Gasteiger partial charge in [0.15, 0.2) is 0 Å². The fourth-order valence-corrected chi connectivity index (χ4v) is 5.47. The zero-order chi connectivity index (χ0) is 38.6. The summed E-state index contributed by atoms with van der Waals surface area (Å²) in [5.41, 5.74) is 1.20. The third-order valence-corrected chi connectivity index (χ3v) is 8.92. The summed E-state index contributed by atoms with van der Waals surface area (Å²) in [4.78, 5) is 33.2. The molecular weight excluding hydrogens is 631 g/mol. The number of carbonyl (C=O) groups excluding carboxylic acids is 3. The molecule has 0 aliphatic carbocycles. The van der Waals surface area contributed by atoms with Gasteiger partial charge in [0.2, 0.25) is 17.7 Å². The number of unbranched alkanes of at least 4 members (excludes halogenated alkanes) is 25. The Balaban J connectivity index is -0.000000679. The average Bonchev–Trinajstić information content (AvgIpc) is 3.12. The van der Waals surface area contributed by atoms with Crippen LogP contribution in [0.4, 0.5) is 0 Å². The summed E-state index contributed by atoms with van der Waals surface area (Å²) in [6.07, 6.45) is 38.3. The molecule has 300 valence electrons. The zero-order valence-corrected chi connectivity index (χ0v) is 34.8. The van der Waals surface area contributed by atoms with Gasteiger partial charge in [0.05, 0.1) is 0 Å². The molecule has 0 aliphatic heterocycles. The first-order valence-electron chi connectivity index (χ1n) is 21.4. The van der Waals surface area contributed by atoms with Gasteiger partial charge >= 0.3 is 0 Å². The van der Waals surface area contributed by atoms with Gasteiger partial charge in [-0.3, -0.25) is 14.4 Å². The van der Waals surface area contributed by atoms with Gasteiger partial charge in [-0.05, 0) is 39.2 Å². The van der Waals surface area contributed by atoms with Gasteiger partial charge in [0, 0.05) is 30.8 Å². The summed E-state index contributed by atoms with van der Waals surface area (Å²) >= 11 is 0. The van der Waals surface area contributed by atoms with Crippen LogP contribution >= 0.6 is 0 Å². The van der Waals surface area contributed by atoms with Crippen molar-refractivity contribution in [3.8, 4) is 0 Å². The van der Waals surface area contributed by atoms with Crippen molar-refractivity contribution in [3.05, 3.63) is 37.0 Å². The molecular formula is C45H87N3O3. The molecule has 0 saturated carbocycles. The molecule has 0 bridgehead atoms. The largest absolute Gasteiger partial charge is 0.353 e. The quantitative estimate of drug-likeness (QED) is 0.0457. The second-order valence-corrected chi connectivity index (χ2v) is 14.4. The minimum absolute atomic E-state index is 0.00840. The van der Waals surface area contributed by atoms with E-state index in [-0.39, 0.29) is 17.7 Å². The lowest BCUT2D eigenvalue weighted by Crippen LogP contribution is -2.24. The van der Waals surface area contributed by atoms with E-state index in [0.717, 1.165) is 38.9 Å². The van der Waals surface area contributed by atoms with Gasteiger partial charge in [-0.25, -0.2) is 0 Å². The molecule has 0 rings (SSSR count). The maximum atomic E-state index is 11.2. The van der Waals surface area contributed by atoms with E-state index < -0.39 is 0 Å². The van der Waals surface area contributed by atoms with Crippen molar-refractivity contribution >= 4 is 17.7 Å². The molecule has 51 heavy (non-hydrogen) atoms. The maximum absolute atomic E-state index is 11.2. The molecule has 3 amide bonds. The Bertz CT molecular complexity index is 824. The van der Waals surface area contributed by atoms with Crippen LogP contribution in [0.1, 0.15) is 214 Å². The molecule has 0 heterocycles. The summed E-state index contributed by atoms with van der Waals surface area (Å²) in [6, 6.07) is 0. The van der Waals surface area contributed by atoms with Crippen molar-refractivity contribution in [3.63, 3.8) is 0 Å². The molecule has 0 unspecified atom stereocenters. The van der Waals surface area contributed by atoms with Crippen molar-refractivity contribution in [1.29, 1.82) is 0 Å². The molecule has 0 aliphatic rings. The smallest absolute Gasteiger partial charge is 0.246 e. The van der Waals surface area contributed by atoms with Gasteiger partial charge in [-0.2, -0.15) is 0 Å². The highest BCUT2D eigenvalue weighted by atomic mass is 16.2. The first-order chi connectivity index (χ1) is 24.7. The lowest BCUT2D eigenvalue weighted by molar-refractivity contribution is -0.118. The number of amides is 3. The van der Waals surface area contributed by atoms with Crippen LogP contribution in [-0.2, 0) is 14.4 Å². The predicted molar refractivity (Wildman–Crippen MR) is 225 cm³/mol. The number of carbonyl (C=O) groups is 3. The molecule has 3 N–H and O–H groups in total. The summed E-state index contributed by atoms with van der Waals surface area (Å²) < 4.78 is 0. The van der Waals surface area contributed by atoms with Crippen LogP contribution in [0.5, 0.6) is 0 Å². The first-order valence-corrected chi connectivity index (χ1v) is 21.4. The van der Waals surface area contributed by atoms with Gasteiger partial charge in [-0.1, -0.05) is 201 Å². The van der Waals surface area contributed by atoms with Gasteiger partial charge in [0.25, 0.3) is 0 Å². The van der Waals surface area contributed by atoms with E-state index in [9.17, 15) is 14.4 Å². The van der Waals surface area contributed by atoms with Crippen LogP contribution in [0.3, 0.4) is 0 Å². The van der Waals surface area contributed by atoms with Crippen molar-refractivity contribution in [2.45, 2.75) is 214 Å². The van der Waals surface area contributed by atoms with Gasteiger partial charge in [0.1, 0.15) is 0 Å². The lowest BCUT2D eigenvalue weighted by Gasteiger charge is -2.04. The molecule has 6 nitrogen and oxygen atoms in total. The second kappa shape index (κ2) is 45.7. The molecule has 0 fully saturated rings. The summed E-state index contributed by atoms with van der Waals surface area (Å²) in [6.45, 7) is 23.2. The molecule has 6 heteroatoms. The third-order valence-electron chi connectivity index (χ3n) is 8.92. The lowest BCUT2D eigenvalue weighted by atomic mass is 10.1. The Hall–Kier alpha value is -2.37. The highest BCUT2D eigenvalue weighted by Crippen LogP contribution is 2.11. The van der Waals surface area contributed by atoms with Crippen LogP contribution in [-0.4, -0.2) is 37.4 Å². The fraction of sp³-hybridized carbons (Fsp3) is 0.800. The first kappa shape index (κ1) is 53.0. The Morgan fingerprint density at radius 3 is 0.824 bits per heavy atom. The van der Waals surface area contributed by atoms with Crippen LogP contribution in [0, 0.1) is 0 Å². The average molecular weight is 718 g/mol. The summed E-state index contributed by atoms with van der Waals surface area (Å²) in [5.74, 6) is -0.0743. The standard InChI is InChI=1S/C16H31NO.C15H29NO.C14H27NO/c1-4-5-6-7-8-9-10-11-12-13-14-17-16(18)15(2)3;1-3-5-6-7-8-9-10-11-12-13-14-16-15(17)4-2;1-4-5-6-7-8-9-10-11-12-15-14(16)13(2)3/h2,4-14H2,1,3H3,(H,17,18);4H,2-3,5-14H2,1H3,(H,16,17);2,4-12H2,1,3H3,(H,15,16). The second-order valence-electron chi connectivity index (χ2n) is 14.4. The molecule has 0 aromatic carbocycles. The van der Waals surface area contributed by atoms with E-state index in [1.807, 2.05) is 0 Å². The van der Waals surface area contributed by atoms with Crippen molar-refractivity contribution in [2.24, 2.45) is 0 Å². The minimum atomic E-state index is -0.0547. The molecule has 0 aromatic heterocycles. The monoisotopic (exact) mass is 718 g/mol. The molecule has 0 aromatic rings. The van der Waals surface area contributed by atoms with Crippen molar-refractivity contribution in [1.82, 2.24) is 16.0 Å². The predicted octanol–water partition coefficient (Wildman–Crippen LogP) is 12.6. The number of nitrogens with one attached hydrogen (secondary N) is 3. The van der Waals surface area contributed by atoms with Crippen LogP contribution in [0.15, 0.2) is 37.0 Å². The van der Waals surface area contributed by atoms with E-state index in [2.05, 4.69) is 56.5 Å². The Morgan fingerprint density at radius 1 is 0.392 bits per heavy atom. The Labute approximate surface area is 318 Å². The summed E-state index contributed by atoms with van der Waals surface area (Å²) in [5, 5.41) is 8.52. The van der Waals surface area contributed by atoms with Crippen molar-refractivity contribution < 1.29 is 14.4 Å². The van der Waals surface area contributed by atoms with E-state index >= 15 is 0 Å². The van der Waals surface area contributed by atoms with Crippen molar-refractivity contribution in [2.75, 3.05) is 19.6 Å². The zero-order valence-electron chi connectivity index (χ0n) is 34.8. The topological polar surface area (TPSA) is 87.3 Å². The van der Waals surface area contributed by atoms with E-state index in [1.165, 1.54) is 167 Å². The highest BCUT2D eigenvalue weighted by molar-refractivity contribution is 5.92. The molecule has 0 saturated heterocycles. The van der Waals surface area contributed by atoms with Crippen LogP contribution in [0.25, 0.3) is 0 Å². The molecule has 0 spiro atoms. The Morgan fingerprint density at radius 2 is 0.608 bits per heavy atom. The van der Waals surface area contributed by atoms with Crippen LogP contribution < -0.4 is 16.0 Å². The van der Waals surface area contributed by atoms with Gasteiger partial charge in [-0.15, -0.1) is 0 Å². The fourth-order valence-electron chi connectivity index (χ4n) is 5.47. The van der Waals surface area contributed by atoms with E-state index in [0.29, 0.717) is 11.1 Å². The Kier molecular flexibility index (Phi) is 47.4. The number of hydrogen-bond donors (Lipinski definition) is 3. The molecule has 0 radical (unpaired) electrons. The normalized spacial score (nSPS) is 10.2. The number of rotatable bonds is 34. The van der Waals surface area contributed by atoms with E-state index in [4.69, 9.17) is 0 Å². The minimum Gasteiger partial charge on any atom is -0.353 e.